The van der Waals surface area contributed by atoms with E-state index in [9.17, 15) is 22.8 Å². The number of alkyl halides is 3. The summed E-state index contributed by atoms with van der Waals surface area (Å²) < 4.78 is 46.2. The molecule has 10 nitrogen and oxygen atoms in total. The highest BCUT2D eigenvalue weighted by molar-refractivity contribution is 5.77. The fourth-order valence-corrected chi connectivity index (χ4v) is 3.81. The molecule has 2 aromatic heterocycles. The zero-order chi connectivity index (χ0) is 25.9. The van der Waals surface area contributed by atoms with E-state index in [1.54, 1.807) is 14.0 Å². The maximum Gasteiger partial charge on any atom is 0.491 e. The van der Waals surface area contributed by atoms with Gasteiger partial charge in [0.15, 0.2) is 17.4 Å². The van der Waals surface area contributed by atoms with Crippen LogP contribution in [-0.2, 0) is 29.7 Å². The minimum Gasteiger partial charge on any atom is -0.433 e. The molecule has 0 amide bonds. The molecule has 0 saturated carbocycles. The number of nitrogens with zero attached hydrogens (tertiary/aromatic N) is 5. The van der Waals surface area contributed by atoms with Crippen LogP contribution in [0.4, 0.5) is 25.1 Å². The average Bonchev–Trinajstić information content (AvgIpc) is 3.22. The first-order chi connectivity index (χ1) is 17.2. The zero-order valence-corrected chi connectivity index (χ0v) is 19.6. The van der Waals surface area contributed by atoms with Gasteiger partial charge in [-0.25, -0.2) is 4.79 Å². The van der Waals surface area contributed by atoms with Gasteiger partial charge in [0.2, 0.25) is 11.9 Å². The van der Waals surface area contributed by atoms with Crippen LogP contribution in [0.15, 0.2) is 35.1 Å². The van der Waals surface area contributed by atoms with Crippen LogP contribution in [0.3, 0.4) is 0 Å². The maximum absolute atomic E-state index is 13.3. The van der Waals surface area contributed by atoms with Crippen LogP contribution < -0.4 is 21.1 Å². The van der Waals surface area contributed by atoms with E-state index in [4.69, 9.17) is 4.74 Å². The van der Waals surface area contributed by atoms with E-state index in [0.717, 1.165) is 5.56 Å². The fraction of sp³-hybridized carbons (Fsp3) is 0.391. The Balaban J connectivity index is 1.76. The molecule has 0 spiro atoms. The lowest BCUT2D eigenvalue weighted by atomic mass is 10.2. The summed E-state index contributed by atoms with van der Waals surface area (Å²) in [5, 5.41) is 6.03. The highest BCUT2D eigenvalue weighted by Gasteiger charge is 2.44. The van der Waals surface area contributed by atoms with E-state index in [-0.39, 0.29) is 42.7 Å². The molecule has 0 bridgehead atoms. The molecule has 1 saturated heterocycles. The second-order valence-electron chi connectivity index (χ2n) is 7.99. The van der Waals surface area contributed by atoms with Gasteiger partial charge in [0.05, 0.1) is 13.1 Å². The first-order valence-electron chi connectivity index (χ1n) is 11.1. The Morgan fingerprint density at radius 3 is 2.72 bits per heavy atom. The predicted molar refractivity (Wildman–Crippen MR) is 126 cm³/mol. The number of anilines is 2. The number of nitrogens with one attached hydrogen (secondary N) is 2. The van der Waals surface area contributed by atoms with Crippen molar-refractivity contribution in [2.75, 3.05) is 29.9 Å². The molecule has 4 rings (SSSR count). The SMILES string of the molecule is CC#CCn1c(N2CCNCC2OC(=O)C(F)(F)F)nc2nc(NCc3ccccc3)n(C)c(=O)c21. The Labute approximate surface area is 204 Å². The summed E-state index contributed by atoms with van der Waals surface area (Å²) >= 11 is 0. The predicted octanol–water partition coefficient (Wildman–Crippen LogP) is 1.61. The van der Waals surface area contributed by atoms with Gasteiger partial charge >= 0.3 is 12.1 Å². The van der Waals surface area contributed by atoms with E-state index in [1.807, 2.05) is 30.3 Å². The van der Waals surface area contributed by atoms with Crippen molar-refractivity contribution in [2.24, 2.45) is 7.05 Å². The standard InChI is InChI=1S/C23H24F3N7O3/c1-3-4-11-33-17-18(29-21(31(2)19(17)34)28-13-15-8-6-5-7-9-15)30-22(33)32-12-10-27-14-16(32)36-20(35)23(24,25)26/h5-9,16,27H,10-14H2,1-2H3,(H,28,29). The van der Waals surface area contributed by atoms with Gasteiger partial charge in [0.1, 0.15) is 0 Å². The van der Waals surface area contributed by atoms with Crippen molar-refractivity contribution in [1.29, 1.82) is 0 Å². The number of fused-ring (bicyclic) bond motifs is 1. The molecule has 1 unspecified atom stereocenters. The molecule has 190 valence electrons. The van der Waals surface area contributed by atoms with Gasteiger partial charge in [-0.15, -0.1) is 5.92 Å². The van der Waals surface area contributed by atoms with Gasteiger partial charge < -0.3 is 20.3 Å². The van der Waals surface area contributed by atoms with Crippen LogP contribution in [0.25, 0.3) is 11.2 Å². The van der Waals surface area contributed by atoms with Crippen LogP contribution in [-0.4, -0.2) is 57.1 Å². The molecule has 1 aliphatic heterocycles. The summed E-state index contributed by atoms with van der Waals surface area (Å²) in [7, 11) is 1.56. The van der Waals surface area contributed by atoms with E-state index in [1.165, 1.54) is 14.0 Å². The fourth-order valence-electron chi connectivity index (χ4n) is 3.81. The van der Waals surface area contributed by atoms with Crippen molar-refractivity contribution < 1.29 is 22.7 Å². The first kappa shape index (κ1) is 25.1. The van der Waals surface area contributed by atoms with Gasteiger partial charge in [-0.3, -0.25) is 13.9 Å². The summed E-state index contributed by atoms with van der Waals surface area (Å²) in [6, 6.07) is 9.53. The van der Waals surface area contributed by atoms with Gasteiger partial charge in [-0.05, 0) is 12.5 Å². The second-order valence-corrected chi connectivity index (χ2v) is 7.99. The molecule has 0 aliphatic carbocycles. The number of carbonyl (C=O) groups excluding carboxylic acids is 1. The van der Waals surface area contributed by atoms with Crippen molar-refractivity contribution in [3.05, 3.63) is 46.2 Å². The van der Waals surface area contributed by atoms with Crippen LogP contribution in [0.5, 0.6) is 0 Å². The summed E-state index contributed by atoms with van der Waals surface area (Å²) in [6.45, 7) is 2.60. The number of benzene rings is 1. The molecule has 1 atom stereocenters. The molecule has 3 aromatic rings. The third-order valence-electron chi connectivity index (χ3n) is 5.60. The monoisotopic (exact) mass is 503 g/mol. The van der Waals surface area contributed by atoms with E-state index >= 15 is 0 Å². The number of halogens is 3. The quantitative estimate of drug-likeness (QED) is 0.386. The second kappa shape index (κ2) is 10.3. The number of piperazine rings is 1. The number of esters is 1. The third kappa shape index (κ3) is 5.13. The van der Waals surface area contributed by atoms with Crippen LogP contribution in [0, 0.1) is 11.8 Å². The van der Waals surface area contributed by atoms with Crippen molar-refractivity contribution in [1.82, 2.24) is 24.4 Å². The number of aromatic nitrogens is 4. The van der Waals surface area contributed by atoms with Crippen LogP contribution in [0.1, 0.15) is 12.5 Å². The molecular weight excluding hydrogens is 479 g/mol. The van der Waals surface area contributed by atoms with Gasteiger partial charge in [0, 0.05) is 26.7 Å². The summed E-state index contributed by atoms with van der Waals surface area (Å²) in [4.78, 5) is 35.3. The van der Waals surface area contributed by atoms with Gasteiger partial charge in [-0.2, -0.15) is 23.1 Å². The van der Waals surface area contributed by atoms with E-state index in [2.05, 4.69) is 32.4 Å². The van der Waals surface area contributed by atoms with Crippen molar-refractivity contribution in [3.63, 3.8) is 0 Å². The summed E-state index contributed by atoms with van der Waals surface area (Å²) in [5.41, 5.74) is 0.804. The number of carbonyl (C=O) groups is 1. The minimum absolute atomic E-state index is 0.0416. The van der Waals surface area contributed by atoms with Gasteiger partial charge in [-0.1, -0.05) is 36.3 Å². The highest BCUT2D eigenvalue weighted by Crippen LogP contribution is 2.25. The smallest absolute Gasteiger partial charge is 0.433 e. The largest absolute Gasteiger partial charge is 0.491 e. The number of rotatable bonds is 6. The Kier molecular flexibility index (Phi) is 7.16. The Bertz CT molecular complexity index is 1370. The maximum atomic E-state index is 13.3. The zero-order valence-electron chi connectivity index (χ0n) is 19.6. The van der Waals surface area contributed by atoms with Crippen molar-refractivity contribution in [2.45, 2.75) is 32.4 Å². The average molecular weight is 503 g/mol. The molecular formula is C23H24F3N7O3. The number of hydrogen-bond donors (Lipinski definition) is 2. The summed E-state index contributed by atoms with van der Waals surface area (Å²) in [5.74, 6) is 3.71. The minimum atomic E-state index is -5.15. The Morgan fingerprint density at radius 1 is 1.28 bits per heavy atom. The lowest BCUT2D eigenvalue weighted by molar-refractivity contribution is -0.205. The van der Waals surface area contributed by atoms with Crippen LogP contribution in [0.2, 0.25) is 0 Å². The molecule has 2 N–H and O–H groups in total. The third-order valence-corrected chi connectivity index (χ3v) is 5.60. The van der Waals surface area contributed by atoms with E-state index in [0.29, 0.717) is 13.1 Å². The molecule has 1 aromatic carbocycles. The molecule has 0 radical (unpaired) electrons. The molecule has 1 fully saturated rings. The Morgan fingerprint density at radius 2 is 2.03 bits per heavy atom. The van der Waals surface area contributed by atoms with Crippen molar-refractivity contribution in [3.8, 4) is 11.8 Å². The van der Waals surface area contributed by atoms with Crippen molar-refractivity contribution >= 4 is 29.0 Å². The number of hydrogen-bond acceptors (Lipinski definition) is 8. The normalized spacial score (nSPS) is 15.9. The highest BCUT2D eigenvalue weighted by atomic mass is 19.4. The molecule has 36 heavy (non-hydrogen) atoms. The van der Waals surface area contributed by atoms with E-state index < -0.39 is 23.9 Å². The summed E-state index contributed by atoms with van der Waals surface area (Å²) in [6.07, 6.45) is -6.44. The Hall–Kier alpha value is -4.05. The number of imidazole rings is 1. The lowest BCUT2D eigenvalue weighted by Gasteiger charge is -2.36. The van der Waals surface area contributed by atoms with Crippen LogP contribution >= 0.6 is 0 Å². The molecule has 13 heteroatoms. The lowest BCUT2D eigenvalue weighted by Crippen LogP contribution is -2.55. The molecule has 3 heterocycles. The topological polar surface area (TPSA) is 106 Å². The first-order valence-corrected chi connectivity index (χ1v) is 11.1. The molecule has 1 aliphatic rings. The van der Waals surface area contributed by atoms with Gasteiger partial charge in [0.25, 0.3) is 5.56 Å². The number of ether oxygens (including phenoxy) is 1.